The number of hydrogen-bond donors (Lipinski definition) is 1. The third-order valence-electron chi connectivity index (χ3n) is 4.69. The highest BCUT2D eigenvalue weighted by Crippen LogP contribution is 2.37. The Labute approximate surface area is 161 Å². The van der Waals surface area contributed by atoms with Gasteiger partial charge in [0.15, 0.2) is 0 Å². The second-order valence-corrected chi connectivity index (χ2v) is 8.29. The Morgan fingerprint density at radius 2 is 1.75 bits per heavy atom. The number of benzene rings is 2. The number of para-hydroxylation sites is 1. The minimum atomic E-state index is -4.51. The fourth-order valence-corrected chi connectivity index (χ4v) is 3.78. The molecule has 1 heterocycles. The fraction of sp³-hybridized carbons (Fsp3) is 0.368. The van der Waals surface area contributed by atoms with Gasteiger partial charge in [0.2, 0.25) is 0 Å². The number of nitrogens with one attached hydrogen (secondary N) is 1. The molecule has 1 aliphatic rings. The molecular formula is C19H20F4N2O2S. The number of nitrogens with zero attached hydrogens (tertiary/aromatic N) is 1. The molecule has 28 heavy (non-hydrogen) atoms. The Morgan fingerprint density at radius 3 is 2.39 bits per heavy atom. The first-order valence-electron chi connectivity index (χ1n) is 8.79. The van der Waals surface area contributed by atoms with Crippen LogP contribution in [0.15, 0.2) is 48.5 Å². The van der Waals surface area contributed by atoms with E-state index < -0.39 is 27.7 Å². The van der Waals surface area contributed by atoms with Gasteiger partial charge in [0.1, 0.15) is 0 Å². The maximum atomic E-state index is 12.8. The lowest BCUT2D eigenvalue weighted by Gasteiger charge is -2.36. The zero-order valence-corrected chi connectivity index (χ0v) is 15.7. The van der Waals surface area contributed by atoms with Crippen LogP contribution < -0.4 is 10.2 Å². The maximum absolute atomic E-state index is 12.8. The van der Waals surface area contributed by atoms with Crippen LogP contribution in [0, 0.1) is 5.92 Å². The second-order valence-electron chi connectivity index (χ2n) is 6.80. The van der Waals surface area contributed by atoms with E-state index in [1.165, 1.54) is 12.1 Å². The molecule has 0 spiro atoms. The number of anilines is 2. The zero-order valence-electron chi connectivity index (χ0n) is 14.9. The normalized spacial score (nSPS) is 17.4. The molecule has 0 radical (unpaired) electrons. The molecule has 2 aromatic rings. The van der Waals surface area contributed by atoms with E-state index in [0.717, 1.165) is 29.8 Å². The van der Waals surface area contributed by atoms with Gasteiger partial charge >= 0.3 is 16.4 Å². The van der Waals surface area contributed by atoms with Crippen LogP contribution in [0.2, 0.25) is 0 Å². The van der Waals surface area contributed by atoms with E-state index >= 15 is 0 Å². The van der Waals surface area contributed by atoms with Crippen LogP contribution in [0.25, 0.3) is 0 Å². The predicted octanol–water partition coefficient (Wildman–Crippen LogP) is 3.90. The van der Waals surface area contributed by atoms with E-state index in [2.05, 4.69) is 5.32 Å². The van der Waals surface area contributed by atoms with Crippen molar-refractivity contribution in [3.8, 4) is 0 Å². The number of rotatable bonds is 6. The molecule has 0 amide bonds. The summed E-state index contributed by atoms with van der Waals surface area (Å²) in [7, 11) is -4.51. The van der Waals surface area contributed by atoms with Crippen LogP contribution in [0.4, 0.5) is 28.4 Å². The number of hydrogen-bond acceptors (Lipinski definition) is 4. The second kappa shape index (κ2) is 8.08. The Bertz CT molecular complexity index is 914. The third kappa shape index (κ3) is 5.23. The van der Waals surface area contributed by atoms with Gasteiger partial charge in [-0.1, -0.05) is 18.2 Å². The Balaban J connectivity index is 1.76. The van der Waals surface area contributed by atoms with E-state index in [0.29, 0.717) is 18.8 Å². The summed E-state index contributed by atoms with van der Waals surface area (Å²) in [6.45, 7) is 1.04. The number of alkyl halides is 3. The molecule has 1 aliphatic heterocycles. The molecule has 2 aromatic carbocycles. The predicted molar refractivity (Wildman–Crippen MR) is 99.9 cm³/mol. The molecule has 1 unspecified atom stereocenters. The van der Waals surface area contributed by atoms with Gasteiger partial charge in [-0.2, -0.15) is 21.6 Å². The highest BCUT2D eigenvalue weighted by atomic mass is 32.3. The van der Waals surface area contributed by atoms with Crippen LogP contribution in [0.5, 0.6) is 0 Å². The molecule has 0 bridgehead atoms. The largest absolute Gasteiger partial charge is 0.416 e. The summed E-state index contributed by atoms with van der Waals surface area (Å²) in [6, 6.07) is 12.7. The molecule has 9 heteroatoms. The van der Waals surface area contributed by atoms with Gasteiger partial charge in [-0.25, -0.2) is 0 Å². The first kappa shape index (κ1) is 20.6. The topological polar surface area (TPSA) is 49.4 Å². The highest BCUT2D eigenvalue weighted by Gasteiger charge is 2.31. The lowest BCUT2D eigenvalue weighted by Crippen LogP contribution is -2.38. The van der Waals surface area contributed by atoms with Gasteiger partial charge in [-0.3, -0.25) is 0 Å². The SMILES string of the molecule is O=S(=O)(F)CCNCC1Cc2ccccc2N(c2ccc(C(F)(F)F)cc2)C1. The molecule has 1 N–H and O–H groups in total. The fourth-order valence-electron chi connectivity index (χ4n) is 3.39. The quantitative estimate of drug-likeness (QED) is 0.441. The summed E-state index contributed by atoms with van der Waals surface area (Å²) in [5, 5.41) is 2.95. The van der Waals surface area contributed by atoms with Gasteiger partial charge in [0, 0.05) is 31.0 Å². The van der Waals surface area contributed by atoms with Crippen LogP contribution in [-0.2, 0) is 22.8 Å². The molecule has 0 saturated carbocycles. The summed E-state index contributed by atoms with van der Waals surface area (Å²) in [6.07, 6.45) is -3.65. The molecule has 0 aliphatic carbocycles. The van der Waals surface area contributed by atoms with Gasteiger partial charge in [0.25, 0.3) is 0 Å². The van der Waals surface area contributed by atoms with Gasteiger partial charge in [0.05, 0.1) is 11.3 Å². The molecule has 4 nitrogen and oxygen atoms in total. The van der Waals surface area contributed by atoms with E-state index in [4.69, 9.17) is 0 Å². The minimum Gasteiger partial charge on any atom is -0.341 e. The molecule has 0 saturated heterocycles. The number of fused-ring (bicyclic) bond motifs is 1. The summed E-state index contributed by atoms with van der Waals surface area (Å²) in [4.78, 5) is 1.96. The van der Waals surface area contributed by atoms with Crippen molar-refractivity contribution in [3.05, 3.63) is 59.7 Å². The monoisotopic (exact) mass is 416 g/mol. The third-order valence-corrected chi connectivity index (χ3v) is 5.39. The molecule has 0 aromatic heterocycles. The van der Waals surface area contributed by atoms with Crippen LogP contribution in [-0.4, -0.2) is 33.8 Å². The van der Waals surface area contributed by atoms with Crippen molar-refractivity contribution < 1.29 is 25.5 Å². The Morgan fingerprint density at radius 1 is 1.07 bits per heavy atom. The van der Waals surface area contributed by atoms with E-state index in [1.807, 2.05) is 29.2 Å². The van der Waals surface area contributed by atoms with Crippen molar-refractivity contribution in [2.75, 3.05) is 30.3 Å². The highest BCUT2D eigenvalue weighted by molar-refractivity contribution is 7.86. The number of halogens is 4. The summed E-state index contributed by atoms with van der Waals surface area (Å²) < 4.78 is 72.3. The lowest BCUT2D eigenvalue weighted by molar-refractivity contribution is -0.137. The standard InChI is InChI=1S/C19H20F4N2O2S/c20-19(21,22)16-5-7-17(8-6-16)25-13-14(12-24-9-10-28(23,26)27)11-15-3-1-2-4-18(15)25/h1-8,14,24H,9-13H2. The molecule has 152 valence electrons. The molecule has 0 fully saturated rings. The first-order chi connectivity index (χ1) is 13.1. The van der Waals surface area contributed by atoms with Crippen LogP contribution in [0.3, 0.4) is 0 Å². The van der Waals surface area contributed by atoms with Crippen LogP contribution in [0.1, 0.15) is 11.1 Å². The molecular weight excluding hydrogens is 396 g/mol. The van der Waals surface area contributed by atoms with Crippen LogP contribution >= 0.6 is 0 Å². The summed E-state index contributed by atoms with van der Waals surface area (Å²) >= 11 is 0. The van der Waals surface area contributed by atoms with Crippen molar-refractivity contribution >= 4 is 21.6 Å². The average molecular weight is 416 g/mol. The van der Waals surface area contributed by atoms with Gasteiger partial charge < -0.3 is 10.2 Å². The van der Waals surface area contributed by atoms with Crippen molar-refractivity contribution in [2.45, 2.75) is 12.6 Å². The van der Waals surface area contributed by atoms with Gasteiger partial charge in [-0.15, -0.1) is 3.89 Å². The Hall–Kier alpha value is -2.13. The summed E-state index contributed by atoms with van der Waals surface area (Å²) in [5.74, 6) is -0.488. The van der Waals surface area contributed by atoms with E-state index in [1.54, 1.807) is 0 Å². The summed E-state index contributed by atoms with van der Waals surface area (Å²) in [5.41, 5.74) is 1.94. The Kier molecular flexibility index (Phi) is 5.95. The maximum Gasteiger partial charge on any atom is 0.416 e. The molecule has 1 atom stereocenters. The van der Waals surface area contributed by atoms with E-state index in [9.17, 15) is 25.5 Å². The average Bonchev–Trinajstić information content (AvgIpc) is 2.63. The van der Waals surface area contributed by atoms with Crippen molar-refractivity contribution in [2.24, 2.45) is 5.92 Å². The van der Waals surface area contributed by atoms with Gasteiger partial charge in [-0.05, 0) is 48.2 Å². The smallest absolute Gasteiger partial charge is 0.341 e. The van der Waals surface area contributed by atoms with Crippen molar-refractivity contribution in [3.63, 3.8) is 0 Å². The first-order valence-corrected chi connectivity index (χ1v) is 10.3. The lowest BCUT2D eigenvalue weighted by atomic mass is 9.92. The van der Waals surface area contributed by atoms with Crippen molar-refractivity contribution in [1.29, 1.82) is 0 Å². The van der Waals surface area contributed by atoms with E-state index in [-0.39, 0.29) is 12.5 Å². The minimum absolute atomic E-state index is 0.0112. The van der Waals surface area contributed by atoms with Crippen molar-refractivity contribution in [1.82, 2.24) is 5.32 Å². The zero-order chi connectivity index (χ0) is 20.4. The molecule has 3 rings (SSSR count).